The van der Waals surface area contributed by atoms with Crippen molar-refractivity contribution in [2.45, 2.75) is 233 Å². The number of benzene rings is 7. The van der Waals surface area contributed by atoms with Crippen LogP contribution >= 0.6 is 0 Å². The van der Waals surface area contributed by atoms with Crippen molar-refractivity contribution in [2.75, 3.05) is 59.5 Å². The molecule has 0 aliphatic rings. The van der Waals surface area contributed by atoms with Crippen LogP contribution in [0.1, 0.15) is 249 Å². The first-order valence-electron chi connectivity index (χ1n) is 39.5. The second-order valence-electron chi connectivity index (χ2n) is 26.8. The molecule has 7 rings (SSSR count). The minimum absolute atomic E-state index is 0.439. The van der Waals surface area contributed by atoms with Crippen molar-refractivity contribution in [3.8, 4) is 51.7 Å². The summed E-state index contributed by atoms with van der Waals surface area (Å²) >= 11 is 0. The van der Waals surface area contributed by atoms with Gasteiger partial charge >= 0.3 is 0 Å². The van der Waals surface area contributed by atoms with Crippen molar-refractivity contribution in [1.29, 1.82) is 0 Å². The van der Waals surface area contributed by atoms with Crippen molar-refractivity contribution in [3.05, 3.63) is 180 Å². The van der Waals surface area contributed by atoms with Gasteiger partial charge in [-0.15, -0.1) is 0 Å². The maximum absolute atomic E-state index is 6.29. The summed E-state index contributed by atoms with van der Waals surface area (Å²) < 4.78 is 55.2. The Bertz CT molecular complexity index is 2920. The summed E-state index contributed by atoms with van der Waals surface area (Å²) in [5.74, 6) is 6.97. The van der Waals surface area contributed by atoms with Gasteiger partial charge in [0.2, 0.25) is 0 Å². The highest BCUT2D eigenvalue weighted by molar-refractivity contribution is 5.83. The van der Waals surface area contributed by atoms with E-state index in [4.69, 9.17) is 57.6 Å². The third kappa shape index (κ3) is 37.6. The van der Waals surface area contributed by atoms with Crippen LogP contribution in [0.15, 0.2) is 179 Å². The van der Waals surface area contributed by atoms with Crippen molar-refractivity contribution in [2.24, 2.45) is 15.0 Å². The lowest BCUT2D eigenvalue weighted by Crippen LogP contribution is -2.08. The van der Waals surface area contributed by atoms with Crippen LogP contribution in [0.2, 0.25) is 0 Å². The largest absolute Gasteiger partial charge is 0.494 e. The second-order valence-corrected chi connectivity index (χ2v) is 26.8. The van der Waals surface area contributed by atoms with Crippen LogP contribution in [0.4, 0.5) is 17.1 Å². The lowest BCUT2D eigenvalue weighted by molar-refractivity contribution is 0.233. The fraction of sp³-hybridized carbons (Fsp3) is 0.500. The number of ether oxygens (including phenoxy) is 9. The first-order valence-corrected chi connectivity index (χ1v) is 39.5. The van der Waals surface area contributed by atoms with Gasteiger partial charge in [0, 0.05) is 56.1 Å². The molecule has 0 saturated heterocycles. The van der Waals surface area contributed by atoms with Gasteiger partial charge in [-0.25, -0.2) is 0 Å². The van der Waals surface area contributed by atoms with E-state index in [1.54, 1.807) is 0 Å². The van der Waals surface area contributed by atoms with Gasteiger partial charge in [-0.05, 0) is 182 Å². The zero-order valence-corrected chi connectivity index (χ0v) is 62.5. The Hall–Kier alpha value is -8.25. The van der Waals surface area contributed by atoms with E-state index in [9.17, 15) is 0 Å². The molecule has 0 aliphatic carbocycles. The highest BCUT2D eigenvalue weighted by Gasteiger charge is 2.09. The van der Waals surface area contributed by atoms with E-state index < -0.39 is 0 Å². The van der Waals surface area contributed by atoms with Crippen LogP contribution < -0.4 is 42.6 Å². The van der Waals surface area contributed by atoms with E-state index in [-0.39, 0.29) is 0 Å². The average molecular weight is 1390 g/mol. The smallest absolute Gasteiger partial charge is 0.126 e. The van der Waals surface area contributed by atoms with Crippen LogP contribution in [-0.2, 0) is 0 Å². The summed E-state index contributed by atoms with van der Waals surface area (Å²) in [6.07, 6.45) is 47.1. The van der Waals surface area contributed by atoms with Gasteiger partial charge in [-0.3, -0.25) is 15.0 Å². The predicted molar refractivity (Wildman–Crippen MR) is 426 cm³/mol. The fourth-order valence-electron chi connectivity index (χ4n) is 11.7. The van der Waals surface area contributed by atoms with E-state index >= 15 is 0 Å². The second kappa shape index (κ2) is 53.5. The molecule has 0 aliphatic heterocycles. The predicted octanol–water partition coefficient (Wildman–Crippen LogP) is 25.4. The number of rotatable bonds is 60. The Balaban J connectivity index is 0.803. The van der Waals surface area contributed by atoms with Crippen LogP contribution in [-0.4, -0.2) is 78.1 Å². The summed E-state index contributed by atoms with van der Waals surface area (Å²) in [6, 6.07) is 53.6. The Morgan fingerprint density at radius 3 is 0.559 bits per heavy atom. The van der Waals surface area contributed by atoms with Crippen LogP contribution in [0.5, 0.6) is 51.7 Å². The van der Waals surface area contributed by atoms with Crippen LogP contribution in [0.3, 0.4) is 0 Å². The quantitative estimate of drug-likeness (QED) is 0.0271. The van der Waals surface area contributed by atoms with Crippen molar-refractivity contribution < 1.29 is 42.6 Å². The van der Waals surface area contributed by atoms with E-state index in [2.05, 4.69) is 20.8 Å². The molecule has 0 amide bonds. The zero-order valence-electron chi connectivity index (χ0n) is 62.5. The highest BCUT2D eigenvalue weighted by Crippen LogP contribution is 2.30. The molecule has 0 aromatic heterocycles. The first kappa shape index (κ1) is 81.1. The third-order valence-corrected chi connectivity index (χ3v) is 17.9. The molecule has 0 atom stereocenters. The number of aliphatic imine (C=N–C) groups is 3. The Kier molecular flexibility index (Phi) is 42.6. The molecule has 0 radical (unpaired) electrons. The molecule has 0 spiro atoms. The summed E-state index contributed by atoms with van der Waals surface area (Å²) in [4.78, 5) is 14.1. The summed E-state index contributed by atoms with van der Waals surface area (Å²) in [5.41, 5.74) is 5.60. The SMILES string of the molecule is CCCCCCCCCCCCOc1ccc(C=Nc2ccc(OCCCOc3cc(OCCCOc4ccc(N=Cc5ccc(OCCCCCCCCCCCC)cc5)cc4)cc(OCCCOc4ccc(N=Cc5ccc(OCCCCCCCCCCCC)cc5)cc4)c3)cc2)cc1. The molecule has 0 heterocycles. The molecule has 0 N–H and O–H groups in total. The molecule has 12 heteroatoms. The monoisotopic (exact) mass is 1390 g/mol. The molecule has 0 saturated carbocycles. The van der Waals surface area contributed by atoms with Gasteiger partial charge in [0.25, 0.3) is 0 Å². The normalized spacial score (nSPS) is 11.4. The fourth-order valence-corrected chi connectivity index (χ4v) is 11.7. The summed E-state index contributed by atoms with van der Waals surface area (Å²) in [5, 5.41) is 0. The molecule has 7 aromatic carbocycles. The van der Waals surface area contributed by atoms with E-state index in [1.807, 2.05) is 182 Å². The molecule has 0 unspecified atom stereocenters. The standard InChI is InChI=1S/C90H123N3O9/c1-4-7-10-13-16-19-22-25-28-31-61-94-82-49-37-76(38-50-82)73-91-79-43-55-85(56-44-79)97-64-34-67-100-88-70-89(101-68-35-65-98-86-57-45-80(46-58-86)92-74-77-39-51-83(52-40-77)95-62-32-29-26-23-20-17-14-11-8-5-2)72-90(71-88)102-69-36-66-99-87-59-47-81(48-60-87)93-75-78-41-53-84(54-42-78)96-63-33-30-27-24-21-18-15-12-9-6-3/h37-60,70-75H,4-36,61-69H2,1-3H3. The molecular weight excluding hydrogens is 1270 g/mol. The lowest BCUT2D eigenvalue weighted by Gasteiger charge is -2.14. The average Bonchev–Trinajstić information content (AvgIpc) is 0.895. The Labute approximate surface area is 614 Å². The van der Waals surface area contributed by atoms with Gasteiger partial charge in [-0.1, -0.05) is 194 Å². The van der Waals surface area contributed by atoms with E-state index in [0.717, 1.165) is 107 Å². The Morgan fingerprint density at radius 1 is 0.186 bits per heavy atom. The number of hydrogen-bond donors (Lipinski definition) is 0. The van der Waals surface area contributed by atoms with Crippen molar-refractivity contribution in [3.63, 3.8) is 0 Å². The van der Waals surface area contributed by atoms with Gasteiger partial charge in [-0.2, -0.15) is 0 Å². The van der Waals surface area contributed by atoms with E-state index in [0.29, 0.717) is 76.2 Å². The van der Waals surface area contributed by atoms with Crippen LogP contribution in [0.25, 0.3) is 0 Å². The topological polar surface area (TPSA) is 120 Å². The maximum Gasteiger partial charge on any atom is 0.126 e. The first-order chi connectivity index (χ1) is 50.5. The van der Waals surface area contributed by atoms with Crippen LogP contribution in [0, 0.1) is 0 Å². The highest BCUT2D eigenvalue weighted by atomic mass is 16.5. The van der Waals surface area contributed by atoms with Crippen molar-refractivity contribution >= 4 is 35.7 Å². The van der Waals surface area contributed by atoms with Gasteiger partial charge in [0.05, 0.1) is 76.5 Å². The third-order valence-electron chi connectivity index (χ3n) is 17.9. The molecule has 102 heavy (non-hydrogen) atoms. The van der Waals surface area contributed by atoms with E-state index in [1.165, 1.54) is 173 Å². The molecule has 552 valence electrons. The number of nitrogens with zero attached hydrogens (tertiary/aromatic N) is 3. The minimum Gasteiger partial charge on any atom is -0.494 e. The lowest BCUT2D eigenvalue weighted by atomic mass is 10.1. The molecular formula is C90H123N3O9. The summed E-state index contributed by atoms with van der Waals surface area (Å²) in [7, 11) is 0. The molecule has 12 nitrogen and oxygen atoms in total. The zero-order chi connectivity index (χ0) is 71.1. The van der Waals surface area contributed by atoms with Gasteiger partial charge in [0.1, 0.15) is 51.7 Å². The molecule has 0 bridgehead atoms. The minimum atomic E-state index is 0.439. The maximum atomic E-state index is 6.29. The number of unbranched alkanes of at least 4 members (excludes halogenated alkanes) is 27. The number of hydrogen-bond acceptors (Lipinski definition) is 12. The van der Waals surface area contributed by atoms with Gasteiger partial charge in [0.15, 0.2) is 0 Å². The molecule has 0 fully saturated rings. The van der Waals surface area contributed by atoms with Crippen molar-refractivity contribution in [1.82, 2.24) is 0 Å². The Morgan fingerprint density at radius 2 is 0.353 bits per heavy atom. The molecule has 7 aromatic rings. The summed E-state index contributed by atoms with van der Waals surface area (Å²) in [6.45, 7) is 11.9. The van der Waals surface area contributed by atoms with Gasteiger partial charge < -0.3 is 42.6 Å².